The van der Waals surface area contributed by atoms with E-state index in [9.17, 15) is 19.4 Å². The Morgan fingerprint density at radius 3 is 2.52 bits per heavy atom. The van der Waals surface area contributed by atoms with Crippen molar-refractivity contribution in [2.24, 2.45) is 17.8 Å². The minimum Gasteiger partial charge on any atom is -0.481 e. The molecule has 0 heterocycles. The first kappa shape index (κ1) is 14.5. The Kier molecular flexibility index (Phi) is 3.52. The van der Waals surface area contributed by atoms with E-state index in [2.05, 4.69) is 0 Å². The van der Waals surface area contributed by atoms with Crippen LogP contribution in [0.15, 0.2) is 24.3 Å². The molecule has 0 spiro atoms. The highest BCUT2D eigenvalue weighted by Gasteiger charge is 2.66. The summed E-state index contributed by atoms with van der Waals surface area (Å²) < 4.78 is 13.2. The van der Waals surface area contributed by atoms with Gasteiger partial charge in [0.25, 0.3) is 0 Å². The molecule has 114 valence electrons. The molecule has 2 saturated carbocycles. The third-order valence-corrected chi connectivity index (χ3v) is 5.59. The summed E-state index contributed by atoms with van der Waals surface area (Å²) in [7, 11) is 0. The van der Waals surface area contributed by atoms with E-state index < -0.39 is 17.5 Å². The summed E-state index contributed by atoms with van der Waals surface area (Å²) in [5.41, 5.74) is 0.484. The molecule has 0 amide bonds. The predicted octanol–water partition coefficient (Wildman–Crippen LogP) is 2.97. The second-order valence-corrected chi connectivity index (χ2v) is 6.66. The van der Waals surface area contributed by atoms with Crippen molar-refractivity contribution in [2.75, 3.05) is 0 Å². The molecule has 0 aromatic heterocycles. The van der Waals surface area contributed by atoms with Gasteiger partial charge in [0.1, 0.15) is 5.82 Å². The smallest absolute Gasteiger partial charge is 0.304 e. The molecule has 3 nitrogen and oxygen atoms in total. The van der Waals surface area contributed by atoms with Crippen LogP contribution in [0.25, 0.3) is 0 Å². The van der Waals surface area contributed by atoms with Gasteiger partial charge in [-0.2, -0.15) is 0 Å². The highest BCUT2D eigenvalue weighted by molar-refractivity contribution is 5.70. The molecule has 2 fully saturated rings. The number of carbonyl (C=O) groups is 1. The molecule has 2 aliphatic rings. The normalized spacial score (nSPS) is 35.3. The molecule has 1 aromatic rings. The van der Waals surface area contributed by atoms with Crippen LogP contribution in [0.2, 0.25) is 0 Å². The zero-order valence-electron chi connectivity index (χ0n) is 12.1. The summed E-state index contributed by atoms with van der Waals surface area (Å²) in [5.74, 6) is -0.0642. The molecule has 0 aliphatic heterocycles. The average molecular weight is 292 g/mol. The van der Waals surface area contributed by atoms with Crippen molar-refractivity contribution in [3.63, 3.8) is 0 Å². The van der Waals surface area contributed by atoms with Crippen molar-refractivity contribution >= 4 is 5.97 Å². The van der Waals surface area contributed by atoms with Gasteiger partial charge in [-0.3, -0.25) is 4.79 Å². The monoisotopic (exact) mass is 292 g/mol. The van der Waals surface area contributed by atoms with Crippen molar-refractivity contribution in [2.45, 2.75) is 44.1 Å². The largest absolute Gasteiger partial charge is 0.481 e. The van der Waals surface area contributed by atoms with Crippen LogP contribution >= 0.6 is 0 Å². The molecule has 2 aliphatic carbocycles. The number of hydrogen-bond acceptors (Lipinski definition) is 2. The van der Waals surface area contributed by atoms with Crippen LogP contribution in [0.5, 0.6) is 0 Å². The van der Waals surface area contributed by atoms with Gasteiger partial charge in [0.05, 0.1) is 12.5 Å². The van der Waals surface area contributed by atoms with Gasteiger partial charge in [0.2, 0.25) is 0 Å². The lowest BCUT2D eigenvalue weighted by molar-refractivity contribution is -0.168. The predicted molar refractivity (Wildman–Crippen MR) is 76.3 cm³/mol. The molecule has 0 bridgehead atoms. The van der Waals surface area contributed by atoms with E-state index in [0.717, 1.165) is 18.4 Å². The van der Waals surface area contributed by atoms with Gasteiger partial charge >= 0.3 is 5.97 Å². The second-order valence-electron chi connectivity index (χ2n) is 6.66. The standard InChI is InChI=1S/C17H21FO3/c1-10(19)8-15-13-6-7-14(13)17(15,9-16(20)21)11-2-4-12(18)5-3-11/h2-5,10,13-15,19H,6-9H2,1H3,(H,20,21)/t10-,13?,14?,15?,17+/m1/s1. The van der Waals surface area contributed by atoms with Crippen molar-refractivity contribution in [3.05, 3.63) is 35.6 Å². The lowest BCUT2D eigenvalue weighted by Gasteiger charge is -2.68. The summed E-state index contributed by atoms with van der Waals surface area (Å²) >= 11 is 0. The molecule has 2 N–H and O–H groups in total. The molecule has 21 heavy (non-hydrogen) atoms. The van der Waals surface area contributed by atoms with Gasteiger partial charge in [0, 0.05) is 5.41 Å². The summed E-state index contributed by atoms with van der Waals surface area (Å²) in [6, 6.07) is 6.26. The minimum atomic E-state index is -0.819. The van der Waals surface area contributed by atoms with Gasteiger partial charge in [-0.05, 0) is 61.6 Å². The molecular weight excluding hydrogens is 271 g/mol. The van der Waals surface area contributed by atoms with E-state index in [4.69, 9.17) is 0 Å². The van der Waals surface area contributed by atoms with Crippen LogP contribution in [-0.2, 0) is 10.2 Å². The molecule has 4 heteroatoms. The minimum absolute atomic E-state index is 0.0667. The highest BCUT2D eigenvalue weighted by Crippen LogP contribution is 2.69. The van der Waals surface area contributed by atoms with E-state index in [1.165, 1.54) is 12.1 Å². The third-order valence-electron chi connectivity index (χ3n) is 5.59. The maximum absolute atomic E-state index is 13.2. The second kappa shape index (κ2) is 5.09. The van der Waals surface area contributed by atoms with E-state index in [1.807, 2.05) is 0 Å². The van der Waals surface area contributed by atoms with E-state index in [-0.39, 0.29) is 18.2 Å². The number of fused-ring (bicyclic) bond motifs is 1. The first-order chi connectivity index (χ1) is 9.95. The van der Waals surface area contributed by atoms with Gasteiger partial charge in [-0.15, -0.1) is 0 Å². The van der Waals surface area contributed by atoms with Crippen LogP contribution in [0.1, 0.15) is 38.2 Å². The molecule has 5 atom stereocenters. The molecular formula is C17H21FO3. The number of carboxylic acid groups (broad SMARTS) is 1. The molecule has 3 rings (SSSR count). The van der Waals surface area contributed by atoms with Crippen LogP contribution in [0.3, 0.4) is 0 Å². The maximum Gasteiger partial charge on any atom is 0.304 e. The van der Waals surface area contributed by atoms with Crippen molar-refractivity contribution in [1.29, 1.82) is 0 Å². The number of rotatable bonds is 5. The fourth-order valence-corrected chi connectivity index (χ4v) is 4.74. The maximum atomic E-state index is 13.2. The lowest BCUT2D eigenvalue weighted by atomic mass is 9.35. The first-order valence-electron chi connectivity index (χ1n) is 7.61. The molecule has 0 saturated heterocycles. The summed E-state index contributed by atoms with van der Waals surface area (Å²) in [5, 5.41) is 19.1. The number of aliphatic hydroxyl groups excluding tert-OH is 1. The van der Waals surface area contributed by atoms with Crippen LogP contribution in [0, 0.1) is 23.6 Å². The summed E-state index contributed by atoms with van der Waals surface area (Å²) in [6.07, 6.45) is 2.39. The Labute approximate surface area is 123 Å². The topological polar surface area (TPSA) is 57.5 Å². The molecule has 3 unspecified atom stereocenters. The summed E-state index contributed by atoms with van der Waals surface area (Å²) in [4.78, 5) is 11.4. The van der Waals surface area contributed by atoms with Crippen molar-refractivity contribution in [3.8, 4) is 0 Å². The van der Waals surface area contributed by atoms with Gasteiger partial charge in [-0.25, -0.2) is 4.39 Å². The number of halogens is 1. The van der Waals surface area contributed by atoms with E-state index in [1.54, 1.807) is 19.1 Å². The number of aliphatic hydroxyl groups is 1. The summed E-state index contributed by atoms with van der Waals surface area (Å²) in [6.45, 7) is 1.75. The Morgan fingerprint density at radius 2 is 2.05 bits per heavy atom. The number of hydrogen-bond donors (Lipinski definition) is 2. The zero-order valence-corrected chi connectivity index (χ0v) is 12.1. The fraction of sp³-hybridized carbons (Fsp3) is 0.588. The van der Waals surface area contributed by atoms with Gasteiger partial charge < -0.3 is 10.2 Å². The first-order valence-corrected chi connectivity index (χ1v) is 7.61. The molecule has 1 aromatic carbocycles. The van der Waals surface area contributed by atoms with Gasteiger partial charge in [-0.1, -0.05) is 12.1 Å². The lowest BCUT2D eigenvalue weighted by Crippen LogP contribution is -2.65. The zero-order chi connectivity index (χ0) is 15.2. The number of carboxylic acids is 1. The van der Waals surface area contributed by atoms with Crippen LogP contribution < -0.4 is 0 Å². The van der Waals surface area contributed by atoms with E-state index in [0.29, 0.717) is 18.3 Å². The third kappa shape index (κ3) is 2.16. The van der Waals surface area contributed by atoms with Crippen molar-refractivity contribution < 1.29 is 19.4 Å². The Bertz CT molecular complexity index is 539. The number of aliphatic carboxylic acids is 1. The van der Waals surface area contributed by atoms with Crippen LogP contribution in [0.4, 0.5) is 4.39 Å². The van der Waals surface area contributed by atoms with E-state index >= 15 is 0 Å². The number of benzene rings is 1. The average Bonchev–Trinajstić information content (AvgIpc) is 2.35. The SMILES string of the molecule is C[C@@H](O)CC1C2CCC2[C@]1(CC(=O)O)c1ccc(F)cc1. The van der Waals surface area contributed by atoms with Gasteiger partial charge in [0.15, 0.2) is 0 Å². The molecule has 0 radical (unpaired) electrons. The van der Waals surface area contributed by atoms with Crippen LogP contribution in [-0.4, -0.2) is 22.3 Å². The highest BCUT2D eigenvalue weighted by atomic mass is 19.1. The Balaban J connectivity index is 1.99. The van der Waals surface area contributed by atoms with Crippen molar-refractivity contribution in [1.82, 2.24) is 0 Å². The quantitative estimate of drug-likeness (QED) is 0.877. The Morgan fingerprint density at radius 1 is 1.38 bits per heavy atom. The Hall–Kier alpha value is -1.42. The fourth-order valence-electron chi connectivity index (χ4n) is 4.74.